The largest absolute Gasteiger partial charge is 0.500 e. The van der Waals surface area contributed by atoms with Crippen molar-refractivity contribution in [2.75, 3.05) is 44.0 Å². The third kappa shape index (κ3) is 21.6. The van der Waals surface area contributed by atoms with Gasteiger partial charge in [0, 0.05) is 61.4 Å². The molecule has 4 aromatic rings. The Morgan fingerprint density at radius 1 is 0.865 bits per heavy atom. The molecule has 10 nitrogen and oxygen atoms in total. The SMILES string of the molecule is C1CCCC1.CC.CCCC.CCCC(=O)C(CCC=O)c1c(C)cc(C)cc1F.CCCCCC(C)CCC.COC1=C(c2cc(C(=O)Nc3nc4ccc(N5CC(C)C5)cc4n3C)cc(C)n2)C=[N+](C)CC1. The number of unbranched alkanes of at least 4 members (excludes halogenated alkanes) is 3. The van der Waals surface area contributed by atoms with Gasteiger partial charge in [-0.25, -0.2) is 13.9 Å². The number of ketones is 1. The van der Waals surface area contributed by atoms with Gasteiger partial charge in [0.15, 0.2) is 6.21 Å². The molecule has 0 bridgehead atoms. The van der Waals surface area contributed by atoms with Gasteiger partial charge in [-0.1, -0.05) is 152 Å². The maximum absolute atomic E-state index is 14.1. The van der Waals surface area contributed by atoms with E-state index < -0.39 is 5.92 Å². The van der Waals surface area contributed by atoms with Gasteiger partial charge in [-0.05, 0) is 93.0 Å². The maximum Gasteiger partial charge on any atom is 0.258 e. The highest BCUT2D eigenvalue weighted by Crippen LogP contribution is 2.32. The van der Waals surface area contributed by atoms with Crippen molar-refractivity contribution < 1.29 is 28.1 Å². The lowest BCUT2D eigenvalue weighted by Gasteiger charge is -2.39. The van der Waals surface area contributed by atoms with Gasteiger partial charge in [0.05, 0.1) is 30.3 Å². The van der Waals surface area contributed by atoms with Gasteiger partial charge in [0.2, 0.25) is 5.95 Å². The summed E-state index contributed by atoms with van der Waals surface area (Å²) in [5, 5.41) is 2.99. The number of aromatic nitrogens is 3. The molecule has 1 aliphatic carbocycles. The smallest absolute Gasteiger partial charge is 0.258 e. The lowest BCUT2D eigenvalue weighted by molar-refractivity contribution is -0.492. The number of carbonyl (C=O) groups excluding carboxylic acids is 3. The highest BCUT2D eigenvalue weighted by atomic mass is 19.1. The van der Waals surface area contributed by atoms with Crippen LogP contribution in [0.15, 0.2) is 48.2 Å². The van der Waals surface area contributed by atoms with Crippen LogP contribution in [-0.4, -0.2) is 77.1 Å². The van der Waals surface area contributed by atoms with Crippen LogP contribution in [0.25, 0.3) is 16.6 Å². The predicted molar refractivity (Wildman–Crippen MR) is 312 cm³/mol. The van der Waals surface area contributed by atoms with Crippen LogP contribution in [0.4, 0.5) is 16.0 Å². The second-order valence-electron chi connectivity index (χ2n) is 20.6. The van der Waals surface area contributed by atoms with Gasteiger partial charge >= 0.3 is 0 Å². The van der Waals surface area contributed by atoms with Crippen LogP contribution < -0.4 is 10.2 Å². The Bertz CT molecular complexity index is 2330. The van der Waals surface area contributed by atoms with Gasteiger partial charge in [-0.15, -0.1) is 0 Å². The molecule has 0 spiro atoms. The number of fused-ring (bicyclic) bond motifs is 1. The molecular weight excluding hydrogens is 924 g/mol. The number of amides is 1. The van der Waals surface area contributed by atoms with E-state index in [2.05, 4.69) is 78.4 Å². The zero-order chi connectivity index (χ0) is 55.2. The number of anilines is 2. The number of benzene rings is 2. The molecule has 1 N–H and O–H groups in total. The van der Waals surface area contributed by atoms with Crippen molar-refractivity contribution in [2.24, 2.45) is 18.9 Å². The zero-order valence-electron chi connectivity index (χ0n) is 49.0. The van der Waals surface area contributed by atoms with E-state index in [-0.39, 0.29) is 23.9 Å². The van der Waals surface area contributed by atoms with Crippen molar-refractivity contribution in [1.82, 2.24) is 14.5 Å². The summed E-state index contributed by atoms with van der Waals surface area (Å²) in [6.45, 7) is 28.0. The number of aryl methyl sites for hydroxylation is 4. The highest BCUT2D eigenvalue weighted by molar-refractivity contribution is 6.10. The number of aldehydes is 1. The lowest BCUT2D eigenvalue weighted by atomic mass is 9.85. The summed E-state index contributed by atoms with van der Waals surface area (Å²) < 4.78 is 23.8. The average molecular weight is 1020 g/mol. The minimum atomic E-state index is -0.495. The van der Waals surface area contributed by atoms with Crippen LogP contribution in [0, 0.1) is 38.4 Å². The number of halogens is 1. The molecule has 412 valence electrons. The van der Waals surface area contributed by atoms with Crippen molar-refractivity contribution in [1.29, 1.82) is 0 Å². The molecular formula is C63H100FN6O4+. The summed E-state index contributed by atoms with van der Waals surface area (Å²) >= 11 is 0. The van der Waals surface area contributed by atoms with Gasteiger partial charge in [0.25, 0.3) is 5.91 Å². The van der Waals surface area contributed by atoms with Crippen molar-refractivity contribution in [2.45, 2.75) is 205 Å². The molecule has 1 amide bonds. The molecule has 3 aliphatic rings. The van der Waals surface area contributed by atoms with Crippen LogP contribution in [0.3, 0.4) is 0 Å². The summed E-state index contributed by atoms with van der Waals surface area (Å²) in [6.07, 6.45) is 24.0. The van der Waals surface area contributed by atoms with E-state index in [1.54, 1.807) is 13.2 Å². The number of rotatable bonds is 19. The number of imidazole rings is 1. The Hall–Kier alpha value is -5.19. The van der Waals surface area contributed by atoms with Crippen molar-refractivity contribution >= 4 is 52.4 Å². The first-order valence-electron chi connectivity index (χ1n) is 28.6. The summed E-state index contributed by atoms with van der Waals surface area (Å²) in [7, 11) is 5.63. The molecule has 2 aliphatic heterocycles. The van der Waals surface area contributed by atoms with Gasteiger partial charge in [-0.3, -0.25) is 19.9 Å². The van der Waals surface area contributed by atoms with E-state index in [0.717, 1.165) is 95.5 Å². The molecule has 2 unspecified atom stereocenters. The Kier molecular flexibility index (Phi) is 31.5. The summed E-state index contributed by atoms with van der Waals surface area (Å²) in [5.74, 6) is 2.07. The van der Waals surface area contributed by atoms with E-state index in [1.807, 2.05) is 84.6 Å². The Labute approximate surface area is 448 Å². The first-order valence-corrected chi connectivity index (χ1v) is 28.6. The van der Waals surface area contributed by atoms with Gasteiger partial charge in [0.1, 0.15) is 42.8 Å². The number of methoxy groups -OCH3 is 1. The standard InChI is InChI=1S/C26H30N6O2.C16H21FO2.C10H22.C5H10.C4H10.C2H6/c1-16-13-32(14-16)19-6-7-21-23(12-19)31(4)26(28-21)29-25(33)18-10-17(2)27-22(11-18)20-15-30(3)9-8-24(20)34-5;1-4-6-15(19)13(7-5-8-18)16-12(3)9-11(2)10-14(16)17;1-4-6-7-9-10(3)8-5-2;1-2-4-5-3-1;1-3-4-2;1-2/h6-7,10-12,15-16H,8-9,13-14H2,1-5H3;8-10,13H,4-7H2,1-3H3;10H,4-9H2,1-3H3;1-5H2;3-4H2,1-2H3;1-2H3/p+1. The summed E-state index contributed by atoms with van der Waals surface area (Å²) in [5.41, 5.74) is 8.08. The first kappa shape index (κ1) is 64.9. The molecule has 0 radical (unpaired) electrons. The molecule has 2 fully saturated rings. The Balaban J connectivity index is 0.000000391. The average Bonchev–Trinajstić information content (AvgIpc) is 4.07. The van der Waals surface area contributed by atoms with E-state index in [1.165, 1.54) is 95.2 Å². The first-order chi connectivity index (χ1) is 35.5. The van der Waals surface area contributed by atoms with E-state index >= 15 is 0 Å². The summed E-state index contributed by atoms with van der Waals surface area (Å²) in [6, 6.07) is 13.2. The Morgan fingerprint density at radius 2 is 1.53 bits per heavy atom. The fourth-order valence-electron chi connectivity index (χ4n) is 9.45. The lowest BCUT2D eigenvalue weighted by Crippen LogP contribution is -2.45. The molecule has 11 heteroatoms. The molecule has 1 saturated carbocycles. The molecule has 1 saturated heterocycles. The van der Waals surface area contributed by atoms with Crippen LogP contribution in [0.1, 0.15) is 222 Å². The third-order valence-corrected chi connectivity index (χ3v) is 13.7. The number of hydrogen-bond donors (Lipinski definition) is 1. The Morgan fingerprint density at radius 3 is 2.08 bits per heavy atom. The third-order valence-electron chi connectivity index (χ3n) is 13.7. The van der Waals surface area contributed by atoms with Gasteiger partial charge in [-0.2, -0.15) is 0 Å². The van der Waals surface area contributed by atoms with Crippen LogP contribution in [0.5, 0.6) is 0 Å². The number of hydrogen-bond acceptors (Lipinski definition) is 7. The van der Waals surface area contributed by atoms with Crippen molar-refractivity contribution in [3.05, 3.63) is 87.7 Å². The molecule has 2 atom stereocenters. The fourth-order valence-corrected chi connectivity index (χ4v) is 9.45. The molecule has 2 aromatic heterocycles. The number of Topliss-reactive ketones (excluding diaryl/α,β-unsaturated/α-hetero) is 1. The van der Waals surface area contributed by atoms with Crippen LogP contribution in [-0.2, 0) is 21.4 Å². The summed E-state index contributed by atoms with van der Waals surface area (Å²) in [4.78, 5) is 47.6. The minimum Gasteiger partial charge on any atom is -0.500 e. The van der Waals surface area contributed by atoms with E-state index in [9.17, 15) is 18.8 Å². The topological polar surface area (TPSA) is 109 Å². The second kappa shape index (κ2) is 35.9. The molecule has 2 aromatic carbocycles. The fraction of sp³-hybridized carbons (Fsp3) is 0.619. The molecule has 4 heterocycles. The number of ether oxygens (including phenoxy) is 1. The predicted octanol–water partition coefficient (Wildman–Crippen LogP) is 16.1. The van der Waals surface area contributed by atoms with Crippen molar-refractivity contribution in [3.63, 3.8) is 0 Å². The quantitative estimate of drug-likeness (QED) is 0.0566. The number of nitrogens with zero attached hydrogens (tertiary/aromatic N) is 5. The van der Waals surface area contributed by atoms with Crippen LogP contribution in [0.2, 0.25) is 0 Å². The van der Waals surface area contributed by atoms with Crippen LogP contribution >= 0.6 is 0 Å². The number of nitrogens with one attached hydrogen (secondary N) is 1. The maximum atomic E-state index is 14.1. The monoisotopic (exact) mass is 1020 g/mol. The number of pyridine rings is 1. The molecule has 74 heavy (non-hydrogen) atoms. The van der Waals surface area contributed by atoms with Crippen molar-refractivity contribution in [3.8, 4) is 0 Å². The zero-order valence-corrected chi connectivity index (χ0v) is 49.0. The second-order valence-corrected chi connectivity index (χ2v) is 20.6. The normalized spacial score (nSPS) is 14.6. The highest BCUT2D eigenvalue weighted by Gasteiger charge is 2.26. The number of allylic oxidation sites excluding steroid dienone is 1. The van der Waals surface area contributed by atoms with E-state index in [0.29, 0.717) is 29.9 Å². The van der Waals surface area contributed by atoms with E-state index in [4.69, 9.17) is 4.74 Å². The number of carbonyl (C=O) groups is 3. The van der Waals surface area contributed by atoms with Gasteiger partial charge < -0.3 is 19.0 Å². The molecule has 7 rings (SSSR count). The minimum absolute atomic E-state index is 0.0233.